The van der Waals surface area contributed by atoms with Gasteiger partial charge in [-0.1, -0.05) is 6.07 Å². The molecule has 0 radical (unpaired) electrons. The maximum absolute atomic E-state index is 4.82. The molecule has 1 aliphatic carbocycles. The summed E-state index contributed by atoms with van der Waals surface area (Å²) in [6, 6.07) is 6.17. The van der Waals surface area contributed by atoms with Crippen LogP contribution < -0.4 is 9.80 Å². The van der Waals surface area contributed by atoms with Crippen LogP contribution in [-0.4, -0.2) is 34.6 Å². The highest BCUT2D eigenvalue weighted by Gasteiger charge is 2.28. The molecule has 1 saturated carbocycles. The molecular weight excluding hydrogens is 274 g/mol. The Hall–Kier alpha value is -2.17. The van der Waals surface area contributed by atoms with Crippen LogP contribution in [0.15, 0.2) is 30.6 Å². The SMILES string of the molecule is Cc1ccc2c(n1)N(CC1CC1)CCN(c1ncccn1)C2. The van der Waals surface area contributed by atoms with Crippen molar-refractivity contribution in [3.8, 4) is 0 Å². The number of hydrogen-bond acceptors (Lipinski definition) is 5. The summed E-state index contributed by atoms with van der Waals surface area (Å²) in [4.78, 5) is 18.4. The topological polar surface area (TPSA) is 45.2 Å². The molecule has 22 heavy (non-hydrogen) atoms. The van der Waals surface area contributed by atoms with E-state index in [0.717, 1.165) is 49.6 Å². The number of rotatable bonds is 3. The first-order valence-electron chi connectivity index (χ1n) is 8.03. The van der Waals surface area contributed by atoms with Gasteiger partial charge in [0, 0.05) is 49.8 Å². The van der Waals surface area contributed by atoms with Gasteiger partial charge in [-0.25, -0.2) is 15.0 Å². The number of pyridine rings is 1. The van der Waals surface area contributed by atoms with E-state index >= 15 is 0 Å². The minimum atomic E-state index is 0.808. The van der Waals surface area contributed by atoms with Gasteiger partial charge >= 0.3 is 0 Å². The summed E-state index contributed by atoms with van der Waals surface area (Å²) in [5.41, 5.74) is 2.36. The summed E-state index contributed by atoms with van der Waals surface area (Å²) in [6.45, 7) is 5.95. The van der Waals surface area contributed by atoms with Crippen LogP contribution in [0.2, 0.25) is 0 Å². The van der Waals surface area contributed by atoms with E-state index in [9.17, 15) is 0 Å². The molecule has 1 aliphatic heterocycles. The zero-order valence-corrected chi connectivity index (χ0v) is 12.9. The number of hydrogen-bond donors (Lipinski definition) is 0. The molecule has 0 atom stereocenters. The Morgan fingerprint density at radius 2 is 1.95 bits per heavy atom. The van der Waals surface area contributed by atoms with Crippen molar-refractivity contribution in [3.05, 3.63) is 41.9 Å². The summed E-state index contributed by atoms with van der Waals surface area (Å²) in [6.07, 6.45) is 6.35. The van der Waals surface area contributed by atoms with Gasteiger partial charge in [0.2, 0.25) is 5.95 Å². The standard InChI is InChI=1S/C17H21N5/c1-13-3-6-15-12-22(17-18-7-2-8-19-17)10-9-21(16(15)20-13)11-14-4-5-14/h2-3,6-8,14H,4-5,9-12H2,1H3. The van der Waals surface area contributed by atoms with Crippen molar-refractivity contribution in [2.45, 2.75) is 26.3 Å². The molecule has 2 aliphatic rings. The minimum absolute atomic E-state index is 0.808. The Kier molecular flexibility index (Phi) is 3.41. The van der Waals surface area contributed by atoms with E-state index in [4.69, 9.17) is 4.98 Å². The van der Waals surface area contributed by atoms with E-state index < -0.39 is 0 Å². The van der Waals surface area contributed by atoms with Gasteiger partial charge in [-0.05, 0) is 37.8 Å². The number of aromatic nitrogens is 3. The second kappa shape index (κ2) is 5.55. The first-order chi connectivity index (χ1) is 10.8. The van der Waals surface area contributed by atoms with Gasteiger partial charge in [0.05, 0.1) is 0 Å². The van der Waals surface area contributed by atoms with Gasteiger partial charge in [0.1, 0.15) is 5.82 Å². The fraction of sp³-hybridized carbons (Fsp3) is 0.471. The zero-order chi connectivity index (χ0) is 14.9. The Bertz CT molecular complexity index is 653. The molecule has 0 amide bonds. The third kappa shape index (κ3) is 2.75. The Balaban J connectivity index is 1.66. The van der Waals surface area contributed by atoms with E-state index in [0.29, 0.717) is 0 Å². The van der Waals surface area contributed by atoms with Gasteiger partial charge in [0.25, 0.3) is 0 Å². The molecule has 114 valence electrons. The van der Waals surface area contributed by atoms with E-state index in [-0.39, 0.29) is 0 Å². The number of anilines is 2. The summed E-state index contributed by atoms with van der Waals surface area (Å²) < 4.78 is 0. The van der Waals surface area contributed by atoms with Gasteiger partial charge in [-0.2, -0.15) is 0 Å². The highest BCUT2D eigenvalue weighted by Crippen LogP contribution is 2.33. The summed E-state index contributed by atoms with van der Waals surface area (Å²) in [5, 5.41) is 0. The molecule has 0 unspecified atom stereocenters. The monoisotopic (exact) mass is 295 g/mol. The second-order valence-electron chi connectivity index (χ2n) is 6.30. The zero-order valence-electron chi connectivity index (χ0n) is 12.9. The van der Waals surface area contributed by atoms with Crippen molar-refractivity contribution >= 4 is 11.8 Å². The number of nitrogens with zero attached hydrogens (tertiary/aromatic N) is 5. The predicted molar refractivity (Wildman–Crippen MR) is 87.0 cm³/mol. The lowest BCUT2D eigenvalue weighted by Gasteiger charge is -2.24. The lowest BCUT2D eigenvalue weighted by atomic mass is 10.2. The van der Waals surface area contributed by atoms with E-state index in [1.54, 1.807) is 0 Å². The summed E-state index contributed by atoms with van der Waals surface area (Å²) >= 11 is 0. The molecule has 5 nitrogen and oxygen atoms in total. The van der Waals surface area contributed by atoms with E-state index in [1.807, 2.05) is 18.5 Å². The summed E-state index contributed by atoms with van der Waals surface area (Å²) in [5.74, 6) is 2.82. The van der Waals surface area contributed by atoms with Gasteiger partial charge < -0.3 is 9.80 Å². The Morgan fingerprint density at radius 1 is 1.14 bits per heavy atom. The molecule has 3 heterocycles. The van der Waals surface area contributed by atoms with Crippen LogP contribution in [0, 0.1) is 12.8 Å². The normalized spacial score (nSPS) is 18.0. The van der Waals surface area contributed by atoms with Crippen molar-refractivity contribution in [1.29, 1.82) is 0 Å². The van der Waals surface area contributed by atoms with Crippen molar-refractivity contribution in [2.75, 3.05) is 29.4 Å². The molecule has 2 aromatic heterocycles. The second-order valence-corrected chi connectivity index (χ2v) is 6.30. The first-order valence-corrected chi connectivity index (χ1v) is 8.03. The molecule has 0 spiro atoms. The van der Waals surface area contributed by atoms with Crippen LogP contribution in [0.25, 0.3) is 0 Å². The molecule has 0 aromatic carbocycles. The van der Waals surface area contributed by atoms with E-state index in [2.05, 4.69) is 38.8 Å². The molecule has 0 saturated heterocycles. The molecule has 5 heteroatoms. The third-order valence-corrected chi connectivity index (χ3v) is 4.41. The lowest BCUT2D eigenvalue weighted by Crippen LogP contribution is -2.33. The van der Waals surface area contributed by atoms with Crippen LogP contribution in [-0.2, 0) is 6.54 Å². The molecule has 2 aromatic rings. The van der Waals surface area contributed by atoms with Gasteiger partial charge in [-0.15, -0.1) is 0 Å². The summed E-state index contributed by atoms with van der Waals surface area (Å²) in [7, 11) is 0. The van der Waals surface area contributed by atoms with E-state index in [1.165, 1.54) is 18.4 Å². The number of aryl methyl sites for hydroxylation is 1. The quantitative estimate of drug-likeness (QED) is 0.870. The van der Waals surface area contributed by atoms with Crippen molar-refractivity contribution in [2.24, 2.45) is 5.92 Å². The third-order valence-electron chi connectivity index (χ3n) is 4.41. The molecule has 1 fully saturated rings. The molecule has 0 N–H and O–H groups in total. The average molecular weight is 295 g/mol. The highest BCUT2D eigenvalue weighted by molar-refractivity contribution is 5.52. The fourth-order valence-electron chi connectivity index (χ4n) is 3.02. The predicted octanol–water partition coefficient (Wildman–Crippen LogP) is 2.42. The van der Waals surface area contributed by atoms with Gasteiger partial charge in [-0.3, -0.25) is 0 Å². The van der Waals surface area contributed by atoms with Crippen molar-refractivity contribution < 1.29 is 0 Å². The van der Waals surface area contributed by atoms with Crippen molar-refractivity contribution in [1.82, 2.24) is 15.0 Å². The van der Waals surface area contributed by atoms with Crippen LogP contribution >= 0.6 is 0 Å². The average Bonchev–Trinajstić information content (AvgIpc) is 3.37. The Labute approximate surface area is 131 Å². The molecule has 0 bridgehead atoms. The van der Waals surface area contributed by atoms with Gasteiger partial charge in [0.15, 0.2) is 0 Å². The fourth-order valence-corrected chi connectivity index (χ4v) is 3.02. The van der Waals surface area contributed by atoms with Crippen LogP contribution in [0.3, 0.4) is 0 Å². The maximum Gasteiger partial charge on any atom is 0.225 e. The first kappa shape index (κ1) is 13.5. The smallest absolute Gasteiger partial charge is 0.225 e. The Morgan fingerprint density at radius 3 is 2.73 bits per heavy atom. The molecule has 4 rings (SSSR count). The maximum atomic E-state index is 4.82. The molecular formula is C17H21N5. The van der Waals surface area contributed by atoms with Crippen molar-refractivity contribution in [3.63, 3.8) is 0 Å². The number of fused-ring (bicyclic) bond motifs is 1. The van der Waals surface area contributed by atoms with Crippen LogP contribution in [0.5, 0.6) is 0 Å². The van der Waals surface area contributed by atoms with Crippen LogP contribution in [0.1, 0.15) is 24.1 Å². The lowest BCUT2D eigenvalue weighted by molar-refractivity contribution is 0.698. The van der Waals surface area contributed by atoms with Crippen LogP contribution in [0.4, 0.5) is 11.8 Å². The minimum Gasteiger partial charge on any atom is -0.354 e. The highest BCUT2D eigenvalue weighted by atomic mass is 15.3. The largest absolute Gasteiger partial charge is 0.354 e.